The van der Waals surface area contributed by atoms with Crippen molar-refractivity contribution in [3.05, 3.63) is 23.0 Å². The number of rotatable bonds is 4. The summed E-state index contributed by atoms with van der Waals surface area (Å²) in [7, 11) is 2.39. The third kappa shape index (κ3) is 17.8. The molecule has 216 valence electrons. The van der Waals surface area contributed by atoms with Crippen molar-refractivity contribution in [2.24, 2.45) is 0 Å². The Kier molecular flexibility index (Phi) is 24.4. The molecule has 0 radical (unpaired) electrons. The van der Waals surface area contributed by atoms with Gasteiger partial charge in [0.15, 0.2) is 12.2 Å². The smallest absolute Gasteiger partial charge is 0.502 e. The van der Waals surface area contributed by atoms with Crippen molar-refractivity contribution in [1.29, 1.82) is 0 Å². The van der Waals surface area contributed by atoms with Gasteiger partial charge in [0.2, 0.25) is 23.1 Å². The van der Waals surface area contributed by atoms with Gasteiger partial charge in [-0.15, -0.1) is 23.2 Å². The number of alkyl halides is 2. The molecule has 0 aromatic heterocycles. The number of nitrogens with zero attached hydrogens (tertiary/aromatic N) is 1. The molecule has 0 bridgehead atoms. The lowest BCUT2D eigenvalue weighted by Gasteiger charge is -2.13. The number of allylic oxidation sites excluding steroid dienone is 2. The normalized spacial score (nSPS) is 17.4. The topological polar surface area (TPSA) is 138 Å². The minimum absolute atomic E-state index is 0.0700. The van der Waals surface area contributed by atoms with E-state index in [1.165, 1.54) is 33.9 Å². The number of carbonyl (C=O) groups excluding carboxylic acids is 4. The Balaban J connectivity index is -0.000000424. The van der Waals surface area contributed by atoms with Crippen molar-refractivity contribution in [2.45, 2.75) is 60.7 Å². The number of aliphatic hydroxyl groups is 1. The first kappa shape index (κ1) is 39.3. The number of carbonyl (C=O) groups is 4. The van der Waals surface area contributed by atoms with Crippen molar-refractivity contribution >= 4 is 58.0 Å². The lowest BCUT2D eigenvalue weighted by Crippen LogP contribution is -2.21. The van der Waals surface area contributed by atoms with Crippen molar-refractivity contribution in [3.8, 4) is 0 Å². The van der Waals surface area contributed by atoms with Crippen LogP contribution in [-0.4, -0.2) is 84.6 Å². The van der Waals surface area contributed by atoms with E-state index in [0.717, 1.165) is 0 Å². The molecule has 2 rings (SSSR count). The molecule has 2 atom stereocenters. The second-order valence-corrected chi connectivity index (χ2v) is 7.87. The zero-order valence-corrected chi connectivity index (χ0v) is 25.0. The highest BCUT2D eigenvalue weighted by atomic mass is 35.5. The van der Waals surface area contributed by atoms with Gasteiger partial charge in [-0.05, 0) is 47.3 Å². The van der Waals surface area contributed by atoms with Crippen LogP contribution in [0.15, 0.2) is 23.0 Å². The fourth-order valence-corrected chi connectivity index (χ4v) is 2.39. The van der Waals surface area contributed by atoms with Gasteiger partial charge in [-0.2, -0.15) is 0 Å². The zero-order chi connectivity index (χ0) is 29.7. The molecule has 0 saturated heterocycles. The first-order valence-electron chi connectivity index (χ1n) is 11.1. The Hall–Kier alpha value is -2.21. The molecule has 2 heterocycles. The molecular formula is C23H38Cl3NO10. The first-order valence-corrected chi connectivity index (χ1v) is 12.5. The van der Waals surface area contributed by atoms with Crippen LogP contribution in [0.4, 0.5) is 9.59 Å². The van der Waals surface area contributed by atoms with Crippen molar-refractivity contribution in [2.75, 3.05) is 39.2 Å². The van der Waals surface area contributed by atoms with Gasteiger partial charge < -0.3 is 33.7 Å². The molecule has 37 heavy (non-hydrogen) atoms. The van der Waals surface area contributed by atoms with Crippen LogP contribution in [0.5, 0.6) is 0 Å². The van der Waals surface area contributed by atoms with Crippen LogP contribution in [0.1, 0.15) is 48.5 Å². The minimum Gasteiger partial charge on any atom is -0.502 e. The molecule has 0 fully saturated rings. The van der Waals surface area contributed by atoms with Crippen molar-refractivity contribution in [3.63, 3.8) is 0 Å². The van der Waals surface area contributed by atoms with Gasteiger partial charge >= 0.3 is 11.6 Å². The lowest BCUT2D eigenvalue weighted by atomic mass is 10.2. The Labute approximate surface area is 233 Å². The quantitative estimate of drug-likeness (QED) is 0.250. The van der Waals surface area contributed by atoms with Crippen LogP contribution in [-0.2, 0) is 33.3 Å². The molecule has 0 spiro atoms. The van der Waals surface area contributed by atoms with Gasteiger partial charge in [-0.1, -0.05) is 20.8 Å². The molecule has 0 amide bonds. The van der Waals surface area contributed by atoms with Crippen LogP contribution in [0.2, 0.25) is 0 Å². The predicted octanol–water partition coefficient (Wildman–Crippen LogP) is 5.51. The van der Waals surface area contributed by atoms with Gasteiger partial charge in [-0.25, -0.2) is 9.59 Å². The molecule has 0 aromatic rings. The van der Waals surface area contributed by atoms with Gasteiger partial charge in [0, 0.05) is 11.6 Å². The predicted molar refractivity (Wildman–Crippen MR) is 141 cm³/mol. The number of hydrogen-bond acceptors (Lipinski definition) is 11. The second-order valence-electron chi connectivity index (χ2n) is 6.76. The molecule has 0 saturated carbocycles. The van der Waals surface area contributed by atoms with Crippen LogP contribution in [0, 0.1) is 0 Å². The Morgan fingerprint density at radius 2 is 1.27 bits per heavy atom. The monoisotopic (exact) mass is 593 g/mol. The minimum atomic E-state index is -0.916. The van der Waals surface area contributed by atoms with E-state index < -0.39 is 23.8 Å². The highest BCUT2D eigenvalue weighted by molar-refractivity contribution is 6.61. The molecule has 0 aliphatic carbocycles. The molecule has 2 unspecified atom stereocenters. The SMILES string of the molecule is CC1=C(O)C(=O)C(C)O1.CCN(CC)CC.COC(=O)Cl.COC(=O)OC1=C(C)OC(C)C1=O.ClCCl. The highest BCUT2D eigenvalue weighted by Gasteiger charge is 2.33. The van der Waals surface area contributed by atoms with E-state index >= 15 is 0 Å². The number of methoxy groups -OCH3 is 2. The fraction of sp³-hybridized carbons (Fsp3) is 0.652. The van der Waals surface area contributed by atoms with E-state index in [1.807, 2.05) is 0 Å². The number of ether oxygens (including phenoxy) is 5. The second kappa shape index (κ2) is 22.9. The van der Waals surface area contributed by atoms with Gasteiger partial charge in [0.25, 0.3) is 0 Å². The van der Waals surface area contributed by atoms with E-state index in [2.05, 4.69) is 51.5 Å². The summed E-state index contributed by atoms with van der Waals surface area (Å²) in [5, 5.41) is 9.04. The van der Waals surface area contributed by atoms with Crippen LogP contribution >= 0.6 is 34.8 Å². The summed E-state index contributed by atoms with van der Waals surface area (Å²) >= 11 is 14.1. The summed E-state index contributed by atoms with van der Waals surface area (Å²) in [6.07, 6.45) is -2.00. The first-order chi connectivity index (χ1) is 17.2. The molecule has 2 aliphatic heterocycles. The third-order valence-corrected chi connectivity index (χ3v) is 4.56. The average Bonchev–Trinajstić information content (AvgIpc) is 3.23. The molecular weight excluding hydrogens is 557 g/mol. The maximum Gasteiger partial charge on any atom is 0.513 e. The summed E-state index contributed by atoms with van der Waals surface area (Å²) in [6, 6.07) is 0. The Morgan fingerprint density at radius 3 is 1.43 bits per heavy atom. The largest absolute Gasteiger partial charge is 0.513 e. The van der Waals surface area contributed by atoms with E-state index in [-0.39, 0.29) is 28.4 Å². The maximum absolute atomic E-state index is 11.3. The van der Waals surface area contributed by atoms with E-state index in [4.69, 9.17) is 37.8 Å². The van der Waals surface area contributed by atoms with E-state index in [0.29, 0.717) is 11.5 Å². The van der Waals surface area contributed by atoms with Crippen LogP contribution < -0.4 is 0 Å². The summed E-state index contributed by atoms with van der Waals surface area (Å²) in [6.45, 7) is 16.4. The molecule has 1 N–H and O–H groups in total. The lowest BCUT2D eigenvalue weighted by molar-refractivity contribution is -0.123. The average molecular weight is 595 g/mol. The summed E-state index contributed by atoms with van der Waals surface area (Å²) in [5.74, 6) is -0.340. The summed E-state index contributed by atoms with van der Waals surface area (Å²) in [5.41, 5.74) is -0.773. The van der Waals surface area contributed by atoms with Gasteiger partial charge in [0.1, 0.15) is 11.5 Å². The van der Waals surface area contributed by atoms with E-state index in [9.17, 15) is 19.2 Å². The molecule has 14 heteroatoms. The summed E-state index contributed by atoms with van der Waals surface area (Å²) in [4.78, 5) is 44.3. The van der Waals surface area contributed by atoms with Crippen LogP contribution in [0.3, 0.4) is 0 Å². The van der Waals surface area contributed by atoms with Gasteiger partial charge in [0.05, 0.1) is 19.6 Å². The standard InChI is InChI=1S/C8H10O5.C6H15N.C6H8O3.C2H3ClO2.CH2Cl2/c1-4-6(9)7(5(2)12-4)13-8(10)11-3;1-4-7(5-2)6-3;1-3-5(7)6(8)4(2)9-3;1-5-2(3)4;2-1-3/h4H,1-3H3;4-6H2,1-3H3;3,8H,1-2H3;1H3;1H2. The molecule has 11 nitrogen and oxygen atoms in total. The van der Waals surface area contributed by atoms with Crippen molar-refractivity contribution < 1.29 is 48.0 Å². The van der Waals surface area contributed by atoms with Crippen molar-refractivity contribution in [1.82, 2.24) is 4.90 Å². The number of hydrogen-bond donors (Lipinski definition) is 1. The number of aliphatic hydroxyl groups excluding tert-OH is 1. The number of Topliss-reactive ketones (excluding diaryl/α,β-unsaturated/α-hetero) is 2. The molecule has 0 aromatic carbocycles. The number of ketones is 2. The number of halogens is 3. The fourth-order valence-electron chi connectivity index (χ4n) is 2.39. The summed E-state index contributed by atoms with van der Waals surface area (Å²) < 4.78 is 22.6. The van der Waals surface area contributed by atoms with Crippen LogP contribution in [0.25, 0.3) is 0 Å². The van der Waals surface area contributed by atoms with E-state index in [1.54, 1.807) is 27.7 Å². The maximum atomic E-state index is 11.3. The Morgan fingerprint density at radius 1 is 0.892 bits per heavy atom. The van der Waals surface area contributed by atoms with Gasteiger partial charge in [-0.3, -0.25) is 9.59 Å². The zero-order valence-electron chi connectivity index (χ0n) is 22.7. The Bertz CT molecular complexity index is 777. The molecule has 2 aliphatic rings. The third-order valence-electron chi connectivity index (χ3n) is 4.41. The highest BCUT2D eigenvalue weighted by Crippen LogP contribution is 2.22.